The first kappa shape index (κ1) is 13.9. The molecule has 0 saturated carbocycles. The molecule has 6 nitrogen and oxygen atoms in total. The predicted molar refractivity (Wildman–Crippen MR) is 73.4 cm³/mol. The van der Waals surface area contributed by atoms with Crippen LogP contribution in [0, 0.1) is 0 Å². The summed E-state index contributed by atoms with van der Waals surface area (Å²) in [6.45, 7) is 4.46. The predicted octanol–water partition coefficient (Wildman–Crippen LogP) is 1.24. The van der Waals surface area contributed by atoms with Crippen molar-refractivity contribution in [2.45, 2.75) is 38.8 Å². The van der Waals surface area contributed by atoms with Gasteiger partial charge in [-0.25, -0.2) is 4.98 Å². The van der Waals surface area contributed by atoms with E-state index in [2.05, 4.69) is 22.5 Å². The number of hydrogen-bond donors (Lipinski definition) is 2. The number of methoxy groups -OCH3 is 1. The summed E-state index contributed by atoms with van der Waals surface area (Å²) in [6.07, 6.45) is 4.79. The van der Waals surface area contributed by atoms with Gasteiger partial charge < -0.3 is 19.9 Å². The van der Waals surface area contributed by atoms with Gasteiger partial charge in [-0.15, -0.1) is 0 Å². The summed E-state index contributed by atoms with van der Waals surface area (Å²) in [4.78, 5) is 16.5. The Morgan fingerprint density at radius 3 is 3.21 bits per heavy atom. The molecule has 106 valence electrons. The lowest BCUT2D eigenvalue weighted by Gasteiger charge is -2.16. The Morgan fingerprint density at radius 2 is 2.53 bits per heavy atom. The van der Waals surface area contributed by atoms with Gasteiger partial charge >= 0.3 is 0 Å². The molecular weight excluding hydrogens is 244 g/mol. The number of amides is 1. The van der Waals surface area contributed by atoms with Crippen LogP contribution in [0.2, 0.25) is 0 Å². The maximum Gasteiger partial charge on any atom is 0.271 e. The molecule has 0 bridgehead atoms. The summed E-state index contributed by atoms with van der Waals surface area (Å²) in [5, 5.41) is 6.17. The Bertz CT molecular complexity index is 401. The molecule has 1 aliphatic rings. The first-order chi connectivity index (χ1) is 9.24. The number of aryl methyl sites for hydroxylation is 1. The van der Waals surface area contributed by atoms with Gasteiger partial charge in [0.15, 0.2) is 0 Å². The van der Waals surface area contributed by atoms with Gasteiger partial charge in [-0.05, 0) is 12.8 Å². The van der Waals surface area contributed by atoms with Crippen molar-refractivity contribution < 1.29 is 9.53 Å². The third-order valence-electron chi connectivity index (χ3n) is 3.21. The summed E-state index contributed by atoms with van der Waals surface area (Å²) in [5.74, 6) is 0.661. The summed E-state index contributed by atoms with van der Waals surface area (Å²) < 4.78 is 7.11. The van der Waals surface area contributed by atoms with Gasteiger partial charge in [0.2, 0.25) is 5.95 Å². The third kappa shape index (κ3) is 3.47. The first-order valence-corrected chi connectivity index (χ1v) is 6.85. The van der Waals surface area contributed by atoms with Crippen molar-refractivity contribution in [1.82, 2.24) is 14.9 Å². The van der Waals surface area contributed by atoms with Crippen LogP contribution in [0.5, 0.6) is 0 Å². The molecule has 1 amide bonds. The summed E-state index contributed by atoms with van der Waals surface area (Å²) >= 11 is 0. The highest BCUT2D eigenvalue weighted by atomic mass is 16.5. The summed E-state index contributed by atoms with van der Waals surface area (Å²) in [5.41, 5.74) is 0.474. The van der Waals surface area contributed by atoms with E-state index in [9.17, 15) is 4.79 Å². The Morgan fingerprint density at radius 1 is 1.68 bits per heavy atom. The molecule has 0 aliphatic carbocycles. The number of nitrogens with zero attached hydrogens (tertiary/aromatic N) is 2. The van der Waals surface area contributed by atoms with Crippen molar-refractivity contribution in [2.75, 3.05) is 25.6 Å². The fourth-order valence-corrected chi connectivity index (χ4v) is 2.29. The quantitative estimate of drug-likeness (QED) is 0.813. The Hall–Kier alpha value is -1.56. The standard InChI is InChI=1S/C13H22N4O2/c1-3-5-10(9-19-2)15-12(18)11-8-17-7-4-6-14-13(17)16-11/h8,10H,3-7,9H2,1-2H3,(H,14,16)(H,15,18). The van der Waals surface area contributed by atoms with Crippen LogP contribution in [0.1, 0.15) is 36.7 Å². The second-order valence-electron chi connectivity index (χ2n) is 4.84. The normalized spacial score (nSPS) is 15.5. The zero-order chi connectivity index (χ0) is 13.7. The zero-order valence-corrected chi connectivity index (χ0v) is 11.6. The van der Waals surface area contributed by atoms with Crippen molar-refractivity contribution in [3.63, 3.8) is 0 Å². The second kappa shape index (κ2) is 6.56. The average Bonchev–Trinajstić information content (AvgIpc) is 2.83. The minimum absolute atomic E-state index is 0.0502. The van der Waals surface area contributed by atoms with E-state index < -0.39 is 0 Å². The van der Waals surface area contributed by atoms with E-state index in [0.29, 0.717) is 12.3 Å². The molecule has 2 heterocycles. The van der Waals surface area contributed by atoms with Gasteiger partial charge in [0.1, 0.15) is 5.69 Å². The van der Waals surface area contributed by atoms with E-state index in [4.69, 9.17) is 4.74 Å². The van der Waals surface area contributed by atoms with E-state index >= 15 is 0 Å². The maximum atomic E-state index is 12.2. The number of nitrogens with one attached hydrogen (secondary N) is 2. The van der Waals surface area contributed by atoms with Gasteiger partial charge in [-0.1, -0.05) is 13.3 Å². The van der Waals surface area contributed by atoms with Crippen LogP contribution in [-0.4, -0.2) is 41.8 Å². The monoisotopic (exact) mass is 266 g/mol. The average molecular weight is 266 g/mol. The van der Waals surface area contributed by atoms with Gasteiger partial charge in [0, 0.05) is 26.4 Å². The molecule has 1 atom stereocenters. The number of imidazole rings is 1. The Kier molecular flexibility index (Phi) is 4.79. The zero-order valence-electron chi connectivity index (χ0n) is 11.6. The van der Waals surface area contributed by atoms with Crippen molar-refractivity contribution in [3.8, 4) is 0 Å². The number of carbonyl (C=O) groups is 1. The number of fused-ring (bicyclic) bond motifs is 1. The maximum absolute atomic E-state index is 12.2. The van der Waals surface area contributed by atoms with E-state index in [1.54, 1.807) is 7.11 Å². The fraction of sp³-hybridized carbons (Fsp3) is 0.692. The highest BCUT2D eigenvalue weighted by Gasteiger charge is 2.18. The molecule has 19 heavy (non-hydrogen) atoms. The van der Waals surface area contributed by atoms with Gasteiger partial charge in [-0.2, -0.15) is 0 Å². The molecule has 1 unspecified atom stereocenters. The Labute approximate surface area is 113 Å². The second-order valence-corrected chi connectivity index (χ2v) is 4.84. The van der Waals surface area contributed by atoms with Crippen LogP contribution in [0.3, 0.4) is 0 Å². The summed E-state index contributed by atoms with van der Waals surface area (Å²) in [7, 11) is 1.65. The minimum atomic E-state index is -0.126. The number of aromatic nitrogens is 2. The highest BCUT2D eigenvalue weighted by molar-refractivity contribution is 5.92. The van der Waals surface area contributed by atoms with E-state index in [1.165, 1.54) is 0 Å². The van der Waals surface area contributed by atoms with Crippen LogP contribution < -0.4 is 10.6 Å². The van der Waals surface area contributed by atoms with Crippen LogP contribution in [0.25, 0.3) is 0 Å². The molecule has 0 saturated heterocycles. The van der Waals surface area contributed by atoms with Crippen LogP contribution in [-0.2, 0) is 11.3 Å². The van der Waals surface area contributed by atoms with Crippen molar-refractivity contribution in [3.05, 3.63) is 11.9 Å². The lowest BCUT2D eigenvalue weighted by atomic mass is 10.2. The van der Waals surface area contributed by atoms with E-state index in [0.717, 1.165) is 38.3 Å². The molecule has 1 aromatic rings. The van der Waals surface area contributed by atoms with Gasteiger partial charge in [0.25, 0.3) is 5.91 Å². The summed E-state index contributed by atoms with van der Waals surface area (Å²) in [6, 6.07) is 0.0502. The molecule has 0 radical (unpaired) electrons. The van der Waals surface area contributed by atoms with E-state index in [-0.39, 0.29) is 11.9 Å². The van der Waals surface area contributed by atoms with Gasteiger partial charge in [0.05, 0.1) is 12.6 Å². The minimum Gasteiger partial charge on any atom is -0.383 e. The topological polar surface area (TPSA) is 68.2 Å². The van der Waals surface area contributed by atoms with Crippen LogP contribution in [0.4, 0.5) is 5.95 Å². The van der Waals surface area contributed by atoms with Crippen molar-refractivity contribution in [1.29, 1.82) is 0 Å². The molecule has 2 N–H and O–H groups in total. The number of ether oxygens (including phenoxy) is 1. The lowest BCUT2D eigenvalue weighted by molar-refractivity contribution is 0.0887. The number of anilines is 1. The SMILES string of the molecule is CCCC(COC)NC(=O)c1cn2c(n1)NCCC2. The molecule has 0 spiro atoms. The van der Waals surface area contributed by atoms with Crippen molar-refractivity contribution >= 4 is 11.9 Å². The largest absolute Gasteiger partial charge is 0.383 e. The first-order valence-electron chi connectivity index (χ1n) is 6.85. The third-order valence-corrected chi connectivity index (χ3v) is 3.21. The molecule has 6 heteroatoms. The van der Waals surface area contributed by atoms with Crippen LogP contribution >= 0.6 is 0 Å². The number of rotatable bonds is 6. The van der Waals surface area contributed by atoms with Gasteiger partial charge in [-0.3, -0.25) is 4.79 Å². The lowest BCUT2D eigenvalue weighted by Crippen LogP contribution is -2.38. The van der Waals surface area contributed by atoms with Crippen LogP contribution in [0.15, 0.2) is 6.20 Å². The molecule has 1 aliphatic heterocycles. The number of carbonyl (C=O) groups excluding carboxylic acids is 1. The van der Waals surface area contributed by atoms with Crippen molar-refractivity contribution in [2.24, 2.45) is 0 Å². The number of hydrogen-bond acceptors (Lipinski definition) is 4. The molecule has 2 rings (SSSR count). The highest BCUT2D eigenvalue weighted by Crippen LogP contribution is 2.14. The molecule has 1 aromatic heterocycles. The molecule has 0 aromatic carbocycles. The molecule has 0 fully saturated rings. The fourth-order valence-electron chi connectivity index (χ4n) is 2.29. The smallest absolute Gasteiger partial charge is 0.271 e. The van der Waals surface area contributed by atoms with E-state index in [1.807, 2.05) is 10.8 Å². The molecular formula is C13H22N4O2. The Balaban J connectivity index is 2.00.